The Kier molecular flexibility index (Phi) is 2.74. The van der Waals surface area contributed by atoms with Gasteiger partial charge in [0, 0.05) is 31.2 Å². The molecule has 16 heavy (non-hydrogen) atoms. The molecule has 2 aliphatic rings. The third-order valence-corrected chi connectivity index (χ3v) is 3.01. The molecular formula is C12H18N2O2. The van der Waals surface area contributed by atoms with E-state index in [4.69, 9.17) is 0 Å². The van der Waals surface area contributed by atoms with E-state index in [1.807, 2.05) is 0 Å². The van der Waals surface area contributed by atoms with E-state index in [-0.39, 0.29) is 17.1 Å². The van der Waals surface area contributed by atoms with Crippen molar-refractivity contribution in [3.63, 3.8) is 0 Å². The van der Waals surface area contributed by atoms with Gasteiger partial charge in [-0.05, 0) is 18.3 Å². The van der Waals surface area contributed by atoms with E-state index in [9.17, 15) is 9.59 Å². The molecule has 1 aliphatic carbocycles. The molecule has 0 unspecified atom stereocenters. The summed E-state index contributed by atoms with van der Waals surface area (Å²) >= 11 is 0. The Morgan fingerprint density at radius 1 is 1.31 bits per heavy atom. The van der Waals surface area contributed by atoms with E-state index in [1.165, 1.54) is 0 Å². The monoisotopic (exact) mass is 222 g/mol. The number of rotatable bonds is 2. The Hall–Kier alpha value is -1.32. The molecule has 1 amide bonds. The highest BCUT2D eigenvalue weighted by Gasteiger charge is 2.29. The number of amides is 1. The van der Waals surface area contributed by atoms with E-state index >= 15 is 0 Å². The summed E-state index contributed by atoms with van der Waals surface area (Å²) in [5.74, 6) is 0.266. The van der Waals surface area contributed by atoms with E-state index in [2.05, 4.69) is 19.3 Å². The maximum absolute atomic E-state index is 11.5. The topological polar surface area (TPSA) is 49.4 Å². The smallest absolute Gasteiger partial charge is 0.240 e. The molecule has 0 bridgehead atoms. The number of allylic oxidation sites excluding steroid dienone is 2. The molecule has 0 aromatic heterocycles. The third kappa shape index (κ3) is 2.43. The largest absolute Gasteiger partial charge is 0.300 e. The summed E-state index contributed by atoms with van der Waals surface area (Å²) in [5.41, 5.74) is 3.95. The molecule has 4 nitrogen and oxygen atoms in total. The molecule has 1 saturated heterocycles. The Morgan fingerprint density at radius 2 is 2.06 bits per heavy atom. The number of hydrogen-bond acceptors (Lipinski definition) is 3. The second-order valence-corrected chi connectivity index (χ2v) is 5.41. The summed E-state index contributed by atoms with van der Waals surface area (Å²) in [6, 6.07) is 0. The number of hydrazine groups is 1. The lowest BCUT2D eigenvalue weighted by atomic mass is 9.79. The van der Waals surface area contributed by atoms with Gasteiger partial charge in [0.15, 0.2) is 5.78 Å². The standard InChI is InChI=1S/C12H18N2O2/c1-12(2)7-9(6-10(15)8-12)13-14-5-3-4-11(14)16/h6,13H,3-5,7-8H2,1-2H3. The van der Waals surface area contributed by atoms with Gasteiger partial charge in [-0.3, -0.25) is 14.6 Å². The van der Waals surface area contributed by atoms with E-state index in [0.717, 1.165) is 25.1 Å². The quantitative estimate of drug-likeness (QED) is 0.768. The predicted molar refractivity (Wildman–Crippen MR) is 60.2 cm³/mol. The number of hydrogen-bond donors (Lipinski definition) is 1. The summed E-state index contributed by atoms with van der Waals surface area (Å²) in [6.45, 7) is 4.89. The van der Waals surface area contributed by atoms with Gasteiger partial charge in [0.05, 0.1) is 0 Å². The predicted octanol–water partition coefficient (Wildman–Crippen LogP) is 1.39. The van der Waals surface area contributed by atoms with Crippen molar-refractivity contribution < 1.29 is 9.59 Å². The van der Waals surface area contributed by atoms with Crippen LogP contribution in [0.15, 0.2) is 11.8 Å². The van der Waals surface area contributed by atoms with Crippen molar-refractivity contribution in [1.29, 1.82) is 0 Å². The van der Waals surface area contributed by atoms with Crippen molar-refractivity contribution >= 4 is 11.7 Å². The van der Waals surface area contributed by atoms with Crippen LogP contribution < -0.4 is 5.43 Å². The Morgan fingerprint density at radius 3 is 2.62 bits per heavy atom. The van der Waals surface area contributed by atoms with Crippen LogP contribution in [0, 0.1) is 5.41 Å². The van der Waals surface area contributed by atoms with Crippen molar-refractivity contribution in [1.82, 2.24) is 10.4 Å². The third-order valence-electron chi connectivity index (χ3n) is 3.01. The van der Waals surface area contributed by atoms with Gasteiger partial charge in [-0.25, -0.2) is 0 Å². The SMILES string of the molecule is CC1(C)CC(=O)C=C(NN2CCCC2=O)C1. The fourth-order valence-corrected chi connectivity index (χ4v) is 2.36. The molecule has 0 aromatic rings. The lowest BCUT2D eigenvalue weighted by Gasteiger charge is -2.31. The zero-order valence-corrected chi connectivity index (χ0v) is 9.88. The molecule has 1 fully saturated rings. The van der Waals surface area contributed by atoms with Gasteiger partial charge in [-0.1, -0.05) is 13.8 Å². The average Bonchev–Trinajstić information content (AvgIpc) is 2.48. The lowest BCUT2D eigenvalue weighted by molar-refractivity contribution is -0.130. The maximum Gasteiger partial charge on any atom is 0.240 e. The summed E-state index contributed by atoms with van der Waals surface area (Å²) in [6.07, 6.45) is 4.56. The Labute approximate surface area is 95.7 Å². The van der Waals surface area contributed by atoms with Gasteiger partial charge in [-0.2, -0.15) is 0 Å². The van der Waals surface area contributed by atoms with Crippen LogP contribution in [-0.4, -0.2) is 23.2 Å². The molecule has 4 heteroatoms. The second kappa shape index (κ2) is 3.92. The molecule has 88 valence electrons. The highest BCUT2D eigenvalue weighted by molar-refractivity contribution is 5.91. The molecule has 1 aliphatic heterocycles. The highest BCUT2D eigenvalue weighted by atomic mass is 16.2. The van der Waals surface area contributed by atoms with Crippen LogP contribution in [0.1, 0.15) is 39.5 Å². The molecule has 0 spiro atoms. The van der Waals surface area contributed by atoms with Crippen LogP contribution in [0.5, 0.6) is 0 Å². The number of ketones is 1. The molecule has 1 heterocycles. The van der Waals surface area contributed by atoms with Crippen molar-refractivity contribution in [3.8, 4) is 0 Å². The van der Waals surface area contributed by atoms with Crippen LogP contribution >= 0.6 is 0 Å². The summed E-state index contributed by atoms with van der Waals surface area (Å²) in [4.78, 5) is 23.0. The Bertz CT molecular complexity index is 358. The van der Waals surface area contributed by atoms with Crippen LogP contribution in [-0.2, 0) is 9.59 Å². The second-order valence-electron chi connectivity index (χ2n) is 5.41. The molecule has 2 rings (SSSR count). The molecule has 1 N–H and O–H groups in total. The molecular weight excluding hydrogens is 204 g/mol. The average molecular weight is 222 g/mol. The van der Waals surface area contributed by atoms with Crippen LogP contribution in [0.25, 0.3) is 0 Å². The first-order chi connectivity index (χ1) is 7.46. The normalized spacial score (nSPS) is 24.6. The number of carbonyl (C=O) groups is 2. The van der Waals surface area contributed by atoms with Crippen molar-refractivity contribution in [2.75, 3.05) is 6.54 Å². The minimum absolute atomic E-state index is 0.00304. The minimum atomic E-state index is -0.00304. The molecule has 0 atom stereocenters. The highest BCUT2D eigenvalue weighted by Crippen LogP contribution is 2.32. The van der Waals surface area contributed by atoms with Crippen molar-refractivity contribution in [2.24, 2.45) is 5.41 Å². The van der Waals surface area contributed by atoms with E-state index in [1.54, 1.807) is 11.1 Å². The molecule has 0 aromatic carbocycles. The number of nitrogens with one attached hydrogen (secondary N) is 1. The Balaban J connectivity index is 2.04. The first-order valence-corrected chi connectivity index (χ1v) is 5.77. The number of carbonyl (C=O) groups excluding carboxylic acids is 2. The van der Waals surface area contributed by atoms with Crippen LogP contribution in [0.2, 0.25) is 0 Å². The number of nitrogens with zero attached hydrogens (tertiary/aromatic N) is 1. The van der Waals surface area contributed by atoms with Crippen LogP contribution in [0.4, 0.5) is 0 Å². The zero-order chi connectivity index (χ0) is 11.8. The van der Waals surface area contributed by atoms with E-state index < -0.39 is 0 Å². The summed E-state index contributed by atoms with van der Waals surface area (Å²) in [5, 5.41) is 1.63. The van der Waals surface area contributed by atoms with Gasteiger partial charge >= 0.3 is 0 Å². The lowest BCUT2D eigenvalue weighted by Crippen LogP contribution is -2.40. The maximum atomic E-state index is 11.5. The van der Waals surface area contributed by atoms with Crippen molar-refractivity contribution in [3.05, 3.63) is 11.8 Å². The van der Waals surface area contributed by atoms with Gasteiger partial charge < -0.3 is 5.43 Å². The minimum Gasteiger partial charge on any atom is -0.300 e. The van der Waals surface area contributed by atoms with Gasteiger partial charge in [0.1, 0.15) is 0 Å². The first kappa shape index (κ1) is 11.2. The first-order valence-electron chi connectivity index (χ1n) is 5.77. The fraction of sp³-hybridized carbons (Fsp3) is 0.667. The van der Waals surface area contributed by atoms with Gasteiger partial charge in [0.2, 0.25) is 5.91 Å². The fourth-order valence-electron chi connectivity index (χ4n) is 2.36. The molecule has 0 saturated carbocycles. The summed E-state index contributed by atoms with van der Waals surface area (Å²) in [7, 11) is 0. The van der Waals surface area contributed by atoms with Crippen LogP contribution in [0.3, 0.4) is 0 Å². The van der Waals surface area contributed by atoms with Crippen molar-refractivity contribution in [2.45, 2.75) is 39.5 Å². The van der Waals surface area contributed by atoms with Gasteiger partial charge in [0.25, 0.3) is 0 Å². The van der Waals surface area contributed by atoms with Gasteiger partial charge in [-0.15, -0.1) is 0 Å². The molecule has 0 radical (unpaired) electrons. The van der Waals surface area contributed by atoms with E-state index in [0.29, 0.717) is 12.8 Å². The zero-order valence-electron chi connectivity index (χ0n) is 9.88. The summed E-state index contributed by atoms with van der Waals surface area (Å²) < 4.78 is 0.